The predicted octanol–water partition coefficient (Wildman–Crippen LogP) is 3.99. The lowest BCUT2D eigenvalue weighted by molar-refractivity contribution is 0.0484. The molecule has 2 aromatic rings. The van der Waals surface area contributed by atoms with Crippen LogP contribution in [-0.4, -0.2) is 5.11 Å². The van der Waals surface area contributed by atoms with E-state index in [4.69, 9.17) is 0 Å². The Morgan fingerprint density at radius 2 is 1.76 bits per heavy atom. The molecule has 0 fully saturated rings. The molecule has 2 rings (SSSR count). The molecule has 0 radical (unpaired) electrons. The first-order valence-electron chi connectivity index (χ1n) is 5.96. The highest BCUT2D eigenvalue weighted by molar-refractivity contribution is 5.87. The molecule has 0 aliphatic rings. The fourth-order valence-corrected chi connectivity index (χ4v) is 2.35. The van der Waals surface area contributed by atoms with Crippen molar-refractivity contribution in [1.82, 2.24) is 0 Å². The molecule has 0 bridgehead atoms. The van der Waals surface area contributed by atoms with Crippen LogP contribution in [0.3, 0.4) is 0 Å². The molecule has 1 nitrogen and oxygen atoms in total. The molecule has 0 aliphatic heterocycles. The summed E-state index contributed by atoms with van der Waals surface area (Å²) in [6.45, 7) is 3.82. The molecule has 0 aromatic heterocycles. The molecule has 0 aliphatic carbocycles. The highest BCUT2D eigenvalue weighted by Crippen LogP contribution is 2.32. The number of rotatable bonds is 3. The second-order valence-corrected chi connectivity index (χ2v) is 4.66. The van der Waals surface area contributed by atoms with Crippen LogP contribution in [0.2, 0.25) is 0 Å². The molecule has 17 heavy (non-hydrogen) atoms. The third-order valence-corrected chi connectivity index (χ3v) is 3.19. The summed E-state index contributed by atoms with van der Waals surface area (Å²) in [6.07, 6.45) is 1.56. The molecule has 0 heterocycles. The summed E-state index contributed by atoms with van der Waals surface area (Å²) in [5.74, 6) is -0.239. The lowest BCUT2D eigenvalue weighted by Gasteiger charge is -2.25. The zero-order chi connectivity index (χ0) is 12.5. The van der Waals surface area contributed by atoms with Gasteiger partial charge >= 0.3 is 0 Å². The average Bonchev–Trinajstić information content (AvgIpc) is 2.29. The van der Waals surface area contributed by atoms with Gasteiger partial charge in [-0.25, -0.2) is 4.39 Å². The third kappa shape index (κ3) is 2.18. The number of aliphatic hydroxyl groups is 1. The number of hydrogen-bond donors (Lipinski definition) is 1. The van der Waals surface area contributed by atoms with Gasteiger partial charge in [-0.05, 0) is 30.4 Å². The summed E-state index contributed by atoms with van der Waals surface area (Å²) in [4.78, 5) is 0. The van der Waals surface area contributed by atoms with Crippen molar-refractivity contribution in [2.75, 3.05) is 0 Å². The standard InChI is InChI=1S/C15H17FO/c1-3-10-15(2,17)13-8-9-14(16)12-7-5-4-6-11(12)13/h4-9,17H,3,10H2,1-2H3. The van der Waals surface area contributed by atoms with Gasteiger partial charge in [0.1, 0.15) is 5.82 Å². The van der Waals surface area contributed by atoms with Crippen LogP contribution in [0.25, 0.3) is 10.8 Å². The van der Waals surface area contributed by atoms with E-state index in [2.05, 4.69) is 0 Å². The summed E-state index contributed by atoms with van der Waals surface area (Å²) in [6, 6.07) is 10.4. The molecule has 2 aromatic carbocycles. The Morgan fingerprint density at radius 3 is 2.41 bits per heavy atom. The minimum absolute atomic E-state index is 0.239. The van der Waals surface area contributed by atoms with Crippen molar-refractivity contribution < 1.29 is 9.50 Å². The second-order valence-electron chi connectivity index (χ2n) is 4.66. The first kappa shape index (κ1) is 12.1. The molecular weight excluding hydrogens is 215 g/mol. The van der Waals surface area contributed by atoms with Gasteiger partial charge < -0.3 is 5.11 Å². The maximum atomic E-state index is 13.7. The molecule has 1 unspecified atom stereocenters. The molecule has 2 heteroatoms. The van der Waals surface area contributed by atoms with E-state index in [0.717, 1.165) is 17.4 Å². The summed E-state index contributed by atoms with van der Waals surface area (Å²) in [5, 5.41) is 11.8. The highest BCUT2D eigenvalue weighted by atomic mass is 19.1. The van der Waals surface area contributed by atoms with Crippen LogP contribution in [0.5, 0.6) is 0 Å². The van der Waals surface area contributed by atoms with Crippen LogP contribution < -0.4 is 0 Å². The number of fused-ring (bicyclic) bond motifs is 1. The zero-order valence-corrected chi connectivity index (χ0v) is 10.2. The Morgan fingerprint density at radius 1 is 1.12 bits per heavy atom. The lowest BCUT2D eigenvalue weighted by atomic mass is 9.87. The van der Waals surface area contributed by atoms with E-state index in [-0.39, 0.29) is 5.82 Å². The maximum absolute atomic E-state index is 13.7. The Hall–Kier alpha value is -1.41. The first-order valence-corrected chi connectivity index (χ1v) is 5.96. The Kier molecular flexibility index (Phi) is 3.16. The van der Waals surface area contributed by atoms with Gasteiger partial charge in [0.05, 0.1) is 5.60 Å². The predicted molar refractivity (Wildman–Crippen MR) is 68.4 cm³/mol. The van der Waals surface area contributed by atoms with Gasteiger partial charge in [0.2, 0.25) is 0 Å². The van der Waals surface area contributed by atoms with Crippen molar-refractivity contribution in [3.8, 4) is 0 Å². The first-order chi connectivity index (χ1) is 8.06. The van der Waals surface area contributed by atoms with E-state index in [9.17, 15) is 9.50 Å². The highest BCUT2D eigenvalue weighted by Gasteiger charge is 2.24. The summed E-state index contributed by atoms with van der Waals surface area (Å²) >= 11 is 0. The van der Waals surface area contributed by atoms with Crippen molar-refractivity contribution in [3.05, 3.63) is 47.8 Å². The number of halogens is 1. The van der Waals surface area contributed by atoms with Crippen LogP contribution in [0.15, 0.2) is 36.4 Å². The fraction of sp³-hybridized carbons (Fsp3) is 0.333. The minimum atomic E-state index is -0.901. The van der Waals surface area contributed by atoms with Gasteiger partial charge in [-0.15, -0.1) is 0 Å². The van der Waals surface area contributed by atoms with Crippen molar-refractivity contribution in [2.45, 2.75) is 32.3 Å². The van der Waals surface area contributed by atoms with Crippen LogP contribution in [0.1, 0.15) is 32.3 Å². The summed E-state index contributed by atoms with van der Waals surface area (Å²) < 4.78 is 13.7. The van der Waals surface area contributed by atoms with E-state index in [1.165, 1.54) is 6.07 Å². The van der Waals surface area contributed by atoms with Crippen LogP contribution in [0.4, 0.5) is 4.39 Å². The van der Waals surface area contributed by atoms with Gasteiger partial charge in [-0.2, -0.15) is 0 Å². The number of benzene rings is 2. The Balaban J connectivity index is 2.67. The largest absolute Gasteiger partial charge is 0.385 e. The second kappa shape index (κ2) is 4.46. The van der Waals surface area contributed by atoms with Gasteiger partial charge in [0, 0.05) is 5.39 Å². The zero-order valence-electron chi connectivity index (χ0n) is 10.2. The van der Waals surface area contributed by atoms with Gasteiger partial charge in [-0.1, -0.05) is 43.7 Å². The van der Waals surface area contributed by atoms with Crippen molar-refractivity contribution in [3.63, 3.8) is 0 Å². The normalized spacial score (nSPS) is 14.8. The quantitative estimate of drug-likeness (QED) is 0.848. The molecule has 0 spiro atoms. The number of hydrogen-bond acceptors (Lipinski definition) is 1. The summed E-state index contributed by atoms with van der Waals surface area (Å²) in [5.41, 5.74) is -0.0986. The van der Waals surface area contributed by atoms with E-state index in [1.54, 1.807) is 19.1 Å². The van der Waals surface area contributed by atoms with Crippen LogP contribution in [-0.2, 0) is 5.60 Å². The molecule has 0 saturated heterocycles. The van der Waals surface area contributed by atoms with Gasteiger partial charge in [-0.3, -0.25) is 0 Å². The van der Waals surface area contributed by atoms with Gasteiger partial charge in [0.25, 0.3) is 0 Å². The lowest BCUT2D eigenvalue weighted by Crippen LogP contribution is -2.21. The molecule has 1 N–H and O–H groups in total. The fourth-order valence-electron chi connectivity index (χ4n) is 2.35. The molecule has 90 valence electrons. The van der Waals surface area contributed by atoms with E-state index < -0.39 is 5.60 Å². The van der Waals surface area contributed by atoms with Gasteiger partial charge in [0.15, 0.2) is 0 Å². The van der Waals surface area contributed by atoms with E-state index in [1.807, 2.05) is 25.1 Å². The van der Waals surface area contributed by atoms with Crippen LogP contribution >= 0.6 is 0 Å². The minimum Gasteiger partial charge on any atom is -0.385 e. The van der Waals surface area contributed by atoms with Crippen molar-refractivity contribution in [2.24, 2.45) is 0 Å². The third-order valence-electron chi connectivity index (χ3n) is 3.19. The van der Waals surface area contributed by atoms with E-state index in [0.29, 0.717) is 11.8 Å². The summed E-state index contributed by atoms with van der Waals surface area (Å²) in [7, 11) is 0. The van der Waals surface area contributed by atoms with Crippen molar-refractivity contribution >= 4 is 10.8 Å². The Labute approximate surface area is 101 Å². The van der Waals surface area contributed by atoms with E-state index >= 15 is 0 Å². The van der Waals surface area contributed by atoms with Crippen molar-refractivity contribution in [1.29, 1.82) is 0 Å². The van der Waals surface area contributed by atoms with Crippen LogP contribution in [0, 0.1) is 5.82 Å². The maximum Gasteiger partial charge on any atom is 0.131 e. The SMILES string of the molecule is CCCC(C)(O)c1ccc(F)c2ccccc12. The Bertz CT molecular complexity index is 531. The topological polar surface area (TPSA) is 20.2 Å². The monoisotopic (exact) mass is 232 g/mol. The molecule has 0 saturated carbocycles. The molecule has 1 atom stereocenters. The smallest absolute Gasteiger partial charge is 0.131 e. The molecule has 0 amide bonds. The molecular formula is C15H17FO. The average molecular weight is 232 g/mol.